The lowest BCUT2D eigenvalue weighted by atomic mass is 10.2. The normalized spacial score (nSPS) is 14.6. The minimum absolute atomic E-state index is 0.0652. The molecule has 0 aliphatic carbocycles. The summed E-state index contributed by atoms with van der Waals surface area (Å²) in [4.78, 5) is 50.2. The Labute approximate surface area is 395 Å². The fourth-order valence-electron chi connectivity index (χ4n) is 6.73. The van der Waals surface area contributed by atoms with Crippen LogP contribution in [0.1, 0.15) is 68.1 Å². The molecule has 4 aromatic carbocycles. The van der Waals surface area contributed by atoms with Gasteiger partial charge in [-0.3, -0.25) is 0 Å². The number of rotatable bonds is 19. The SMILES string of the molecule is CCOc1ccc(S(=O)(=O)Cl)cc1C(=O)O.CCOc1ccc(S(=O)(=O)N2CCN(CCCOC(=O)c3ccccc3)CC2)cc1C(=O)O.O=C(OCCCN1CCNCC1)c1ccccc1. The molecule has 2 aliphatic rings. The molecule has 6 rings (SSSR count). The number of esters is 2. The standard InChI is InChI=1S/C23H28N2O7S.C14H20N2O2.C9H9ClO5S/c1-2-31-21-10-9-19(17-20(21)22(26)27)33(29,30)25-14-12-24(13-15-25)11-6-16-32-23(28)18-7-4-3-5-8-18;17-14(13-5-2-1-3-6-13)18-12-4-9-16-10-7-15-8-11-16;1-2-15-8-4-3-6(16(10,13)14)5-7(8)9(11)12/h3-5,7-10,17H,2,6,11-16H2,1H3,(H,26,27);1-3,5-6,15H,4,7-12H2;3-5H,2H2,1H3,(H,11,12). The van der Waals surface area contributed by atoms with E-state index in [1.807, 2.05) is 24.3 Å². The van der Waals surface area contributed by atoms with Crippen LogP contribution in [0.25, 0.3) is 0 Å². The van der Waals surface area contributed by atoms with Crippen LogP contribution in [0, 0.1) is 0 Å². The Morgan fingerprint density at radius 3 is 1.43 bits per heavy atom. The first-order valence-electron chi connectivity index (χ1n) is 21.6. The molecular weight excluding hydrogens is 932 g/mol. The molecule has 3 N–H and O–H groups in total. The summed E-state index contributed by atoms with van der Waals surface area (Å²) in [6, 6.07) is 25.3. The molecule has 4 aromatic rings. The molecule has 21 heteroatoms. The van der Waals surface area contributed by atoms with Crippen molar-refractivity contribution in [3.63, 3.8) is 0 Å². The van der Waals surface area contributed by atoms with E-state index in [1.165, 1.54) is 28.6 Å². The first-order valence-corrected chi connectivity index (χ1v) is 25.3. The third-order valence-electron chi connectivity index (χ3n) is 10.1. The van der Waals surface area contributed by atoms with Crippen molar-refractivity contribution in [3.8, 4) is 11.5 Å². The van der Waals surface area contributed by atoms with Gasteiger partial charge in [0.25, 0.3) is 9.05 Å². The van der Waals surface area contributed by atoms with Crippen LogP contribution in [0.15, 0.2) is 107 Å². The highest BCUT2D eigenvalue weighted by atomic mass is 35.7. The van der Waals surface area contributed by atoms with E-state index in [0.29, 0.717) is 56.9 Å². The number of sulfonamides is 1. The maximum Gasteiger partial charge on any atom is 0.339 e. The Kier molecular flexibility index (Phi) is 22.0. The molecule has 0 spiro atoms. The second-order valence-corrected chi connectivity index (χ2v) is 19.3. The number of piperazine rings is 2. The molecule has 67 heavy (non-hydrogen) atoms. The lowest BCUT2D eigenvalue weighted by Gasteiger charge is -2.34. The van der Waals surface area contributed by atoms with E-state index in [4.69, 9.17) is 34.7 Å². The Hall–Kier alpha value is -5.61. The van der Waals surface area contributed by atoms with Crippen LogP contribution in [-0.4, -0.2) is 157 Å². The third-order valence-corrected chi connectivity index (χ3v) is 13.4. The lowest BCUT2D eigenvalue weighted by molar-refractivity contribution is 0.0475. The number of ether oxygens (including phenoxy) is 4. The van der Waals surface area contributed by atoms with Crippen LogP contribution >= 0.6 is 10.7 Å². The van der Waals surface area contributed by atoms with Crippen LogP contribution in [-0.2, 0) is 28.5 Å². The van der Waals surface area contributed by atoms with E-state index in [0.717, 1.165) is 51.3 Å². The number of hydrogen-bond donors (Lipinski definition) is 3. The van der Waals surface area contributed by atoms with Gasteiger partial charge in [-0.25, -0.2) is 36.0 Å². The van der Waals surface area contributed by atoms with E-state index in [9.17, 15) is 41.1 Å². The number of benzene rings is 4. The van der Waals surface area contributed by atoms with Crippen molar-refractivity contribution in [2.24, 2.45) is 0 Å². The van der Waals surface area contributed by atoms with Crippen molar-refractivity contribution in [3.05, 3.63) is 119 Å². The van der Waals surface area contributed by atoms with Gasteiger partial charge in [0.05, 0.1) is 47.3 Å². The molecule has 0 atom stereocenters. The third kappa shape index (κ3) is 17.5. The van der Waals surface area contributed by atoms with Gasteiger partial charge in [-0.1, -0.05) is 36.4 Å². The number of aromatic carboxylic acids is 2. The van der Waals surface area contributed by atoms with Crippen molar-refractivity contribution >= 4 is 53.6 Å². The average Bonchev–Trinajstić information content (AvgIpc) is 3.33. The molecule has 0 bridgehead atoms. The maximum atomic E-state index is 13.0. The lowest BCUT2D eigenvalue weighted by Crippen LogP contribution is -2.48. The summed E-state index contributed by atoms with van der Waals surface area (Å²) in [5, 5.41) is 21.6. The quantitative estimate of drug-likeness (QED) is 0.0623. The predicted octanol–water partition coefficient (Wildman–Crippen LogP) is 5.19. The minimum Gasteiger partial charge on any atom is -0.493 e. The molecule has 0 unspecified atom stereocenters. The number of carboxylic acids is 2. The van der Waals surface area contributed by atoms with Gasteiger partial charge in [-0.15, -0.1) is 0 Å². The smallest absolute Gasteiger partial charge is 0.339 e. The van der Waals surface area contributed by atoms with Gasteiger partial charge in [0.15, 0.2) is 0 Å². The monoisotopic (exact) mass is 988 g/mol. The van der Waals surface area contributed by atoms with Gasteiger partial charge < -0.3 is 44.3 Å². The number of carboxylic acid groups (broad SMARTS) is 2. The number of halogens is 1. The van der Waals surface area contributed by atoms with Crippen molar-refractivity contribution in [2.75, 3.05) is 91.9 Å². The largest absolute Gasteiger partial charge is 0.493 e. The van der Waals surface area contributed by atoms with Gasteiger partial charge in [0.2, 0.25) is 10.0 Å². The van der Waals surface area contributed by atoms with Crippen LogP contribution in [0.4, 0.5) is 0 Å². The van der Waals surface area contributed by atoms with Crippen molar-refractivity contribution in [1.29, 1.82) is 0 Å². The van der Waals surface area contributed by atoms with E-state index in [-0.39, 0.29) is 64.2 Å². The van der Waals surface area contributed by atoms with E-state index in [2.05, 4.69) is 15.1 Å². The topological polar surface area (TPSA) is 236 Å². The molecule has 0 aromatic heterocycles. The maximum absolute atomic E-state index is 13.0. The van der Waals surface area contributed by atoms with Crippen LogP contribution in [0.5, 0.6) is 11.5 Å². The number of carbonyl (C=O) groups is 4. The zero-order valence-corrected chi connectivity index (χ0v) is 39.8. The summed E-state index contributed by atoms with van der Waals surface area (Å²) >= 11 is 0. The summed E-state index contributed by atoms with van der Waals surface area (Å²) in [6.45, 7) is 12.4. The van der Waals surface area contributed by atoms with Crippen LogP contribution in [0.2, 0.25) is 0 Å². The second kappa shape index (κ2) is 27.3. The first kappa shape index (κ1) is 54.0. The van der Waals surface area contributed by atoms with Crippen molar-refractivity contribution in [1.82, 2.24) is 19.4 Å². The Bertz CT molecular complexity index is 2450. The molecule has 2 fully saturated rings. The zero-order valence-electron chi connectivity index (χ0n) is 37.4. The second-order valence-electron chi connectivity index (χ2n) is 14.8. The molecule has 0 amide bonds. The Morgan fingerprint density at radius 2 is 1.01 bits per heavy atom. The minimum atomic E-state index is -3.94. The molecule has 0 saturated carbocycles. The molecule has 2 heterocycles. The molecule has 0 radical (unpaired) electrons. The van der Waals surface area contributed by atoms with Gasteiger partial charge in [0.1, 0.15) is 22.6 Å². The predicted molar refractivity (Wildman–Crippen MR) is 249 cm³/mol. The number of carbonyl (C=O) groups excluding carboxylic acids is 2. The molecule has 2 aliphatic heterocycles. The van der Waals surface area contributed by atoms with Gasteiger partial charge in [-0.2, -0.15) is 4.31 Å². The van der Waals surface area contributed by atoms with Crippen LogP contribution < -0.4 is 14.8 Å². The van der Waals surface area contributed by atoms with Gasteiger partial charge in [0, 0.05) is 76.1 Å². The van der Waals surface area contributed by atoms with Gasteiger partial charge in [-0.05, 0) is 87.4 Å². The van der Waals surface area contributed by atoms with E-state index in [1.54, 1.807) is 50.2 Å². The molecule has 2 saturated heterocycles. The summed E-state index contributed by atoms with van der Waals surface area (Å²) in [5.41, 5.74) is 0.724. The number of hydrogen-bond acceptors (Lipinski definition) is 15. The fourth-order valence-corrected chi connectivity index (χ4v) is 8.95. The summed E-state index contributed by atoms with van der Waals surface area (Å²) in [5.74, 6) is -2.85. The summed E-state index contributed by atoms with van der Waals surface area (Å²) in [6.07, 6.45) is 1.55. The highest BCUT2D eigenvalue weighted by Crippen LogP contribution is 2.27. The summed E-state index contributed by atoms with van der Waals surface area (Å²) < 4.78 is 70.3. The number of nitrogens with zero attached hydrogens (tertiary/aromatic N) is 3. The van der Waals surface area contributed by atoms with E-state index < -0.39 is 31.0 Å². The Morgan fingerprint density at radius 1 is 0.597 bits per heavy atom. The van der Waals surface area contributed by atoms with Crippen LogP contribution in [0.3, 0.4) is 0 Å². The number of nitrogens with one attached hydrogen (secondary N) is 1. The Balaban J connectivity index is 0.000000242. The van der Waals surface area contributed by atoms with E-state index >= 15 is 0 Å². The highest BCUT2D eigenvalue weighted by Gasteiger charge is 2.30. The zero-order chi connectivity index (χ0) is 48.8. The summed E-state index contributed by atoms with van der Waals surface area (Å²) in [7, 11) is -2.66. The van der Waals surface area contributed by atoms with Crippen molar-refractivity contribution in [2.45, 2.75) is 36.5 Å². The molecule has 18 nitrogen and oxygen atoms in total. The highest BCUT2D eigenvalue weighted by molar-refractivity contribution is 8.13. The molecule has 364 valence electrons. The average molecular weight is 990 g/mol. The fraction of sp³-hybridized carbons (Fsp3) is 0.391. The van der Waals surface area contributed by atoms with Gasteiger partial charge >= 0.3 is 23.9 Å². The van der Waals surface area contributed by atoms with Crippen molar-refractivity contribution < 1.29 is 65.2 Å². The molecular formula is C46H57ClN4O14S2. The first-order chi connectivity index (χ1) is 32.0.